The maximum Gasteiger partial charge on any atom is 0.223 e. The normalized spacial score (nSPS) is 35.9. The lowest BCUT2D eigenvalue weighted by Crippen LogP contribution is -2.44. The zero-order valence-corrected chi connectivity index (χ0v) is 11.1. The lowest BCUT2D eigenvalue weighted by molar-refractivity contribution is -0.135. The van der Waals surface area contributed by atoms with Crippen LogP contribution >= 0.6 is 0 Å². The van der Waals surface area contributed by atoms with E-state index in [1.54, 1.807) is 0 Å². The highest BCUT2D eigenvalue weighted by molar-refractivity contribution is 5.77. The predicted octanol–water partition coefficient (Wildman–Crippen LogP) is 0.857. The van der Waals surface area contributed by atoms with Crippen molar-refractivity contribution in [2.24, 2.45) is 11.7 Å². The van der Waals surface area contributed by atoms with Crippen LogP contribution in [0.2, 0.25) is 0 Å². The van der Waals surface area contributed by atoms with Gasteiger partial charge >= 0.3 is 0 Å². The number of carbonyl (C=O) groups excluding carboxylic acids is 1. The minimum atomic E-state index is 0.261. The van der Waals surface area contributed by atoms with Gasteiger partial charge in [0.25, 0.3) is 0 Å². The number of amides is 1. The van der Waals surface area contributed by atoms with Crippen molar-refractivity contribution in [1.29, 1.82) is 0 Å². The van der Waals surface area contributed by atoms with E-state index in [-0.39, 0.29) is 6.04 Å². The Bertz CT molecular complexity index is 310. The molecular formula is C14H25N3O. The van der Waals surface area contributed by atoms with Gasteiger partial charge in [-0.25, -0.2) is 0 Å². The Morgan fingerprint density at radius 3 is 2.56 bits per heavy atom. The van der Waals surface area contributed by atoms with Gasteiger partial charge in [0.1, 0.15) is 0 Å². The Labute approximate surface area is 109 Å². The minimum Gasteiger partial charge on any atom is -0.335 e. The van der Waals surface area contributed by atoms with Gasteiger partial charge in [-0.3, -0.25) is 4.79 Å². The van der Waals surface area contributed by atoms with Gasteiger partial charge in [-0.15, -0.1) is 0 Å². The van der Waals surface area contributed by atoms with Crippen molar-refractivity contribution in [3.05, 3.63) is 0 Å². The highest BCUT2D eigenvalue weighted by Crippen LogP contribution is 2.33. The average molecular weight is 251 g/mol. The standard InChI is InChI=1S/C14H25N3O/c15-13-3-1-2-10(13)8-14(18)17(11-4-5-11)12-6-7-16-9-12/h10-13,16H,1-9,15H2/t10-,12?,13+/m0/s1. The third-order valence-electron chi connectivity index (χ3n) is 4.81. The van der Waals surface area contributed by atoms with Crippen LogP contribution < -0.4 is 11.1 Å². The minimum absolute atomic E-state index is 0.261. The maximum absolute atomic E-state index is 12.6. The van der Waals surface area contributed by atoms with Crippen LogP contribution in [-0.4, -0.2) is 42.0 Å². The third-order valence-corrected chi connectivity index (χ3v) is 4.81. The van der Waals surface area contributed by atoms with E-state index in [0.717, 1.165) is 32.4 Å². The molecule has 3 N–H and O–H groups in total. The molecule has 18 heavy (non-hydrogen) atoms. The van der Waals surface area contributed by atoms with Gasteiger partial charge in [-0.2, -0.15) is 0 Å². The molecule has 3 atom stereocenters. The van der Waals surface area contributed by atoms with Crippen molar-refractivity contribution in [3.8, 4) is 0 Å². The predicted molar refractivity (Wildman–Crippen MR) is 71.1 cm³/mol. The fourth-order valence-corrected chi connectivity index (χ4v) is 3.58. The fourth-order valence-electron chi connectivity index (χ4n) is 3.58. The van der Waals surface area contributed by atoms with Crippen molar-refractivity contribution in [1.82, 2.24) is 10.2 Å². The van der Waals surface area contributed by atoms with Crippen LogP contribution in [0.4, 0.5) is 0 Å². The lowest BCUT2D eigenvalue weighted by atomic mass is 9.99. The van der Waals surface area contributed by atoms with Crippen molar-refractivity contribution in [2.45, 2.75) is 63.1 Å². The molecule has 3 aliphatic rings. The van der Waals surface area contributed by atoms with Gasteiger partial charge in [0.15, 0.2) is 0 Å². The van der Waals surface area contributed by atoms with Gasteiger partial charge in [0.05, 0.1) is 0 Å². The van der Waals surface area contributed by atoms with E-state index < -0.39 is 0 Å². The Balaban J connectivity index is 1.61. The number of nitrogens with zero attached hydrogens (tertiary/aromatic N) is 1. The monoisotopic (exact) mass is 251 g/mol. The van der Waals surface area contributed by atoms with E-state index in [4.69, 9.17) is 5.73 Å². The molecular weight excluding hydrogens is 226 g/mol. The summed E-state index contributed by atoms with van der Waals surface area (Å²) in [5.41, 5.74) is 6.09. The highest BCUT2D eigenvalue weighted by atomic mass is 16.2. The fraction of sp³-hybridized carbons (Fsp3) is 0.929. The molecule has 4 heteroatoms. The number of hydrogen-bond acceptors (Lipinski definition) is 3. The van der Waals surface area contributed by atoms with Crippen molar-refractivity contribution < 1.29 is 4.79 Å². The second kappa shape index (κ2) is 5.17. The van der Waals surface area contributed by atoms with Gasteiger partial charge < -0.3 is 16.0 Å². The van der Waals surface area contributed by atoms with Crippen molar-refractivity contribution in [2.75, 3.05) is 13.1 Å². The number of hydrogen-bond donors (Lipinski definition) is 2. The zero-order valence-electron chi connectivity index (χ0n) is 11.1. The number of nitrogens with one attached hydrogen (secondary N) is 1. The van der Waals surface area contributed by atoms with Crippen LogP contribution in [0.15, 0.2) is 0 Å². The number of nitrogens with two attached hydrogens (primary N) is 1. The van der Waals surface area contributed by atoms with Crippen LogP contribution in [0.3, 0.4) is 0 Å². The van der Waals surface area contributed by atoms with Crippen molar-refractivity contribution >= 4 is 5.91 Å². The van der Waals surface area contributed by atoms with E-state index in [0.29, 0.717) is 30.3 Å². The Morgan fingerprint density at radius 1 is 1.17 bits per heavy atom. The summed E-state index contributed by atoms with van der Waals surface area (Å²) in [7, 11) is 0. The quantitative estimate of drug-likeness (QED) is 0.779. The molecule has 102 valence electrons. The second-order valence-corrected chi connectivity index (χ2v) is 6.24. The molecule has 1 saturated heterocycles. The molecule has 0 aromatic carbocycles. The SMILES string of the molecule is N[C@@H]1CCC[C@H]1CC(=O)N(C1CC1)C1CCNC1. The summed E-state index contributed by atoms with van der Waals surface area (Å²) < 4.78 is 0. The summed E-state index contributed by atoms with van der Waals surface area (Å²) in [4.78, 5) is 14.8. The van der Waals surface area contributed by atoms with Crippen LogP contribution in [0.25, 0.3) is 0 Å². The van der Waals surface area contributed by atoms with Gasteiger partial charge in [-0.1, -0.05) is 6.42 Å². The molecule has 2 saturated carbocycles. The van der Waals surface area contributed by atoms with E-state index in [1.807, 2.05) is 0 Å². The zero-order chi connectivity index (χ0) is 12.5. The molecule has 0 bridgehead atoms. The van der Waals surface area contributed by atoms with Crippen LogP contribution in [-0.2, 0) is 4.79 Å². The summed E-state index contributed by atoms with van der Waals surface area (Å²) in [6.07, 6.45) is 7.68. The summed E-state index contributed by atoms with van der Waals surface area (Å²) >= 11 is 0. The van der Waals surface area contributed by atoms with E-state index in [1.165, 1.54) is 19.3 Å². The summed E-state index contributed by atoms with van der Waals surface area (Å²) in [6.45, 7) is 2.04. The van der Waals surface area contributed by atoms with Crippen LogP contribution in [0, 0.1) is 5.92 Å². The average Bonchev–Trinajstić information content (AvgIpc) is 2.85. The Morgan fingerprint density at radius 2 is 2.00 bits per heavy atom. The molecule has 1 heterocycles. The largest absolute Gasteiger partial charge is 0.335 e. The second-order valence-electron chi connectivity index (χ2n) is 6.24. The van der Waals surface area contributed by atoms with Crippen molar-refractivity contribution in [3.63, 3.8) is 0 Å². The topological polar surface area (TPSA) is 58.4 Å². The first-order valence-electron chi connectivity index (χ1n) is 7.53. The van der Waals surface area contributed by atoms with Crippen LogP contribution in [0.1, 0.15) is 44.9 Å². The first kappa shape index (κ1) is 12.4. The molecule has 0 radical (unpaired) electrons. The maximum atomic E-state index is 12.6. The summed E-state index contributed by atoms with van der Waals surface area (Å²) in [5.74, 6) is 0.807. The van der Waals surface area contributed by atoms with E-state index in [2.05, 4.69) is 10.2 Å². The molecule has 0 aromatic rings. The summed E-state index contributed by atoms with van der Waals surface area (Å²) in [6, 6.07) is 1.25. The Hall–Kier alpha value is -0.610. The molecule has 4 nitrogen and oxygen atoms in total. The van der Waals surface area contributed by atoms with Gasteiger partial charge in [0, 0.05) is 31.1 Å². The van der Waals surface area contributed by atoms with E-state index in [9.17, 15) is 4.79 Å². The molecule has 3 rings (SSSR count). The van der Waals surface area contributed by atoms with Gasteiger partial charge in [-0.05, 0) is 44.6 Å². The first-order valence-corrected chi connectivity index (χ1v) is 7.53. The smallest absolute Gasteiger partial charge is 0.223 e. The third kappa shape index (κ3) is 2.54. The summed E-state index contributed by atoms with van der Waals surface area (Å²) in [5, 5.41) is 3.37. The molecule has 2 aliphatic carbocycles. The first-order chi connectivity index (χ1) is 8.75. The Kier molecular flexibility index (Phi) is 3.57. The van der Waals surface area contributed by atoms with Crippen LogP contribution in [0.5, 0.6) is 0 Å². The highest BCUT2D eigenvalue weighted by Gasteiger charge is 2.39. The molecule has 1 unspecified atom stereocenters. The molecule has 1 amide bonds. The molecule has 3 fully saturated rings. The molecule has 0 aromatic heterocycles. The van der Waals surface area contributed by atoms with Gasteiger partial charge in [0.2, 0.25) is 5.91 Å². The lowest BCUT2D eigenvalue weighted by Gasteiger charge is -2.30. The molecule has 1 aliphatic heterocycles. The van der Waals surface area contributed by atoms with E-state index >= 15 is 0 Å². The molecule has 0 spiro atoms. The number of carbonyl (C=O) groups is 1. The number of rotatable bonds is 4.